The molecule has 140 valence electrons. The van der Waals surface area contributed by atoms with Crippen LogP contribution in [0.3, 0.4) is 0 Å². The van der Waals surface area contributed by atoms with Crippen molar-refractivity contribution in [1.29, 1.82) is 0 Å². The number of piperidine rings is 1. The Hall–Kier alpha value is -1.51. The molecule has 10 heteroatoms. The molecule has 0 saturated carbocycles. The lowest BCUT2D eigenvalue weighted by Gasteiger charge is -2.59. The van der Waals surface area contributed by atoms with Gasteiger partial charge in [-0.1, -0.05) is 0 Å². The van der Waals surface area contributed by atoms with Crippen LogP contribution in [0.4, 0.5) is 5.69 Å². The molecule has 1 N–H and O–H groups in total. The largest absolute Gasteiger partial charge is 0.784 e. The average molecular weight is 373 g/mol. The van der Waals surface area contributed by atoms with Gasteiger partial charge in [-0.3, -0.25) is 19.5 Å². The number of hydrogen-bond acceptors (Lipinski definition) is 7. The molecule has 0 bridgehead atoms. The first kappa shape index (κ1) is 19.8. The van der Waals surface area contributed by atoms with Gasteiger partial charge in [0.2, 0.25) is 0 Å². The van der Waals surface area contributed by atoms with Crippen LogP contribution in [-0.4, -0.2) is 32.1 Å². The number of nitro benzene ring substituents is 1. The third kappa shape index (κ3) is 4.77. The summed E-state index contributed by atoms with van der Waals surface area (Å²) in [6, 6.07) is 4.77. The quantitative estimate of drug-likeness (QED) is 0.471. The number of rotatable bonds is 5. The van der Waals surface area contributed by atoms with Crippen LogP contribution in [0.25, 0.3) is 0 Å². The molecule has 1 heterocycles. The molecule has 1 fully saturated rings. The normalized spacial score (nSPS) is 23.0. The SMILES string of the molecule is CC1(C)CC(OP(=O)(O)Oc2ccc([N+](=O)[O-])cc2)CC(C)(C)N1[O-]. The summed E-state index contributed by atoms with van der Waals surface area (Å²) < 4.78 is 22.5. The molecule has 1 saturated heterocycles. The van der Waals surface area contributed by atoms with Crippen LogP contribution >= 0.6 is 7.82 Å². The van der Waals surface area contributed by atoms with Crippen LogP contribution in [0.15, 0.2) is 24.3 Å². The van der Waals surface area contributed by atoms with Crippen molar-refractivity contribution in [3.05, 3.63) is 39.6 Å². The molecule has 0 aromatic heterocycles. The molecule has 2 rings (SSSR count). The van der Waals surface area contributed by atoms with Crippen molar-refractivity contribution in [3.63, 3.8) is 0 Å². The Labute approximate surface area is 145 Å². The number of nitrogens with zero attached hydrogens (tertiary/aromatic N) is 2. The molecule has 1 unspecified atom stereocenters. The maximum atomic E-state index is 12.3. The molecule has 1 aliphatic rings. The van der Waals surface area contributed by atoms with Crippen molar-refractivity contribution >= 4 is 13.5 Å². The maximum Gasteiger partial charge on any atom is 0.527 e. The first-order chi connectivity index (χ1) is 11.3. The molecule has 0 amide bonds. The smallest absolute Gasteiger partial charge is 0.527 e. The third-order valence-corrected chi connectivity index (χ3v) is 5.11. The van der Waals surface area contributed by atoms with E-state index in [2.05, 4.69) is 0 Å². The summed E-state index contributed by atoms with van der Waals surface area (Å²) in [5.74, 6) is -0.0174. The summed E-state index contributed by atoms with van der Waals surface area (Å²) in [6.45, 7) is 6.99. The Morgan fingerprint density at radius 2 is 1.68 bits per heavy atom. The highest BCUT2D eigenvalue weighted by molar-refractivity contribution is 7.47. The monoisotopic (exact) mass is 373 g/mol. The Morgan fingerprint density at radius 3 is 2.12 bits per heavy atom. The lowest BCUT2D eigenvalue weighted by atomic mass is 9.80. The first-order valence-corrected chi connectivity index (χ1v) is 9.25. The fraction of sp³-hybridized carbons (Fsp3) is 0.600. The second kappa shape index (κ2) is 6.66. The van der Waals surface area contributed by atoms with Crippen molar-refractivity contribution in [2.45, 2.75) is 57.7 Å². The van der Waals surface area contributed by atoms with Crippen molar-refractivity contribution in [2.75, 3.05) is 0 Å². The Kier molecular flexibility index (Phi) is 5.28. The highest BCUT2D eigenvalue weighted by Gasteiger charge is 2.43. The summed E-state index contributed by atoms with van der Waals surface area (Å²) in [5, 5.41) is 23.9. The Balaban J connectivity index is 2.08. The van der Waals surface area contributed by atoms with Gasteiger partial charge in [-0.2, -0.15) is 0 Å². The van der Waals surface area contributed by atoms with Gasteiger partial charge in [0.25, 0.3) is 5.69 Å². The van der Waals surface area contributed by atoms with Gasteiger partial charge in [0.15, 0.2) is 0 Å². The number of non-ortho nitro benzene ring substituents is 1. The van der Waals surface area contributed by atoms with E-state index in [9.17, 15) is 24.8 Å². The minimum absolute atomic E-state index is 0.0174. The summed E-state index contributed by atoms with van der Waals surface area (Å²) in [7, 11) is -4.44. The van der Waals surface area contributed by atoms with Gasteiger partial charge in [-0.15, -0.1) is 0 Å². The lowest BCUT2D eigenvalue weighted by Crippen LogP contribution is -2.59. The van der Waals surface area contributed by atoms with Gasteiger partial charge in [0.05, 0.1) is 11.0 Å². The van der Waals surface area contributed by atoms with E-state index >= 15 is 0 Å². The minimum atomic E-state index is -4.44. The highest BCUT2D eigenvalue weighted by atomic mass is 31.2. The fourth-order valence-corrected chi connectivity index (χ4v) is 4.18. The van der Waals surface area contributed by atoms with Gasteiger partial charge in [-0.05, 0) is 52.7 Å². The second-order valence-electron chi connectivity index (χ2n) is 7.37. The molecule has 1 aromatic rings. The summed E-state index contributed by atoms with van der Waals surface area (Å²) >= 11 is 0. The van der Waals surface area contributed by atoms with Crippen LogP contribution in [0, 0.1) is 15.3 Å². The van der Waals surface area contributed by atoms with E-state index in [1.165, 1.54) is 12.1 Å². The zero-order valence-electron chi connectivity index (χ0n) is 14.5. The Morgan fingerprint density at radius 1 is 1.20 bits per heavy atom. The van der Waals surface area contributed by atoms with Gasteiger partial charge in [0, 0.05) is 23.2 Å². The van der Waals surface area contributed by atoms with E-state index in [0.29, 0.717) is 0 Å². The predicted molar refractivity (Wildman–Crippen MR) is 91.0 cm³/mol. The number of phosphoric acid groups is 1. The van der Waals surface area contributed by atoms with Gasteiger partial charge in [0.1, 0.15) is 5.75 Å². The molecule has 9 nitrogen and oxygen atoms in total. The predicted octanol–water partition coefficient (Wildman–Crippen LogP) is 3.61. The van der Waals surface area contributed by atoms with E-state index in [-0.39, 0.29) is 24.3 Å². The molecule has 1 aliphatic heterocycles. The summed E-state index contributed by atoms with van der Waals surface area (Å²) in [4.78, 5) is 20.0. The van der Waals surface area contributed by atoms with Crippen molar-refractivity contribution < 1.29 is 23.4 Å². The number of benzene rings is 1. The number of hydroxylamine groups is 2. The van der Waals surface area contributed by atoms with E-state index in [1.807, 2.05) is 0 Å². The lowest BCUT2D eigenvalue weighted by molar-refractivity contribution is -0.384. The number of hydrogen-bond donors (Lipinski definition) is 1. The molecular formula is C15H22N2O7P-. The van der Waals surface area contributed by atoms with E-state index < -0.39 is 29.9 Å². The third-order valence-electron chi connectivity index (χ3n) is 4.10. The summed E-state index contributed by atoms with van der Waals surface area (Å²) in [6.07, 6.45) is -0.0913. The molecule has 25 heavy (non-hydrogen) atoms. The van der Waals surface area contributed by atoms with Gasteiger partial charge >= 0.3 is 7.82 Å². The van der Waals surface area contributed by atoms with Crippen LogP contribution in [0.5, 0.6) is 5.75 Å². The van der Waals surface area contributed by atoms with Crippen LogP contribution in [0.1, 0.15) is 40.5 Å². The van der Waals surface area contributed by atoms with E-state index in [1.54, 1.807) is 27.7 Å². The van der Waals surface area contributed by atoms with Crippen LogP contribution in [-0.2, 0) is 9.09 Å². The molecule has 0 radical (unpaired) electrons. The van der Waals surface area contributed by atoms with E-state index in [4.69, 9.17) is 9.05 Å². The standard InChI is InChI=1S/C15H22N2O7P/c1-14(2)9-13(10-15(3,4)17(14)20)24-25(21,22)23-12-7-5-11(6-8-12)16(18)19/h5-8,13H,9-10H2,1-4H3,(H,21,22)/q-1. The Bertz CT molecular complexity index is 672. The van der Waals surface area contributed by atoms with Crippen LogP contribution in [0.2, 0.25) is 0 Å². The maximum absolute atomic E-state index is 12.3. The summed E-state index contributed by atoms with van der Waals surface area (Å²) in [5.41, 5.74) is -1.66. The highest BCUT2D eigenvalue weighted by Crippen LogP contribution is 2.49. The molecule has 0 aliphatic carbocycles. The second-order valence-corrected chi connectivity index (χ2v) is 8.70. The van der Waals surface area contributed by atoms with Crippen molar-refractivity contribution in [3.8, 4) is 5.75 Å². The zero-order valence-corrected chi connectivity index (χ0v) is 15.4. The zero-order chi connectivity index (χ0) is 19.0. The van der Waals surface area contributed by atoms with Gasteiger partial charge in [-0.25, -0.2) is 4.57 Å². The first-order valence-electron chi connectivity index (χ1n) is 7.75. The number of nitro groups is 1. The number of phosphoric ester groups is 1. The topological polar surface area (TPSA) is 125 Å². The minimum Gasteiger partial charge on any atom is -0.784 e. The fourth-order valence-electron chi connectivity index (χ4n) is 3.22. The average Bonchev–Trinajstić information content (AvgIpc) is 2.43. The van der Waals surface area contributed by atoms with Crippen molar-refractivity contribution in [1.82, 2.24) is 5.06 Å². The van der Waals surface area contributed by atoms with Crippen LogP contribution < -0.4 is 4.52 Å². The molecular weight excluding hydrogens is 351 g/mol. The molecule has 0 spiro atoms. The van der Waals surface area contributed by atoms with E-state index in [0.717, 1.165) is 17.2 Å². The van der Waals surface area contributed by atoms with Crippen molar-refractivity contribution in [2.24, 2.45) is 0 Å². The molecule has 1 aromatic carbocycles. The van der Waals surface area contributed by atoms with Gasteiger partial charge < -0.3 is 14.8 Å². The molecule has 1 atom stereocenters.